The van der Waals surface area contributed by atoms with E-state index in [1.165, 1.54) is 12.4 Å². The number of carbonyl (C=O) groups is 3. The summed E-state index contributed by atoms with van der Waals surface area (Å²) in [4.78, 5) is 49.5. The molecule has 0 saturated carbocycles. The van der Waals surface area contributed by atoms with Crippen molar-refractivity contribution in [3.05, 3.63) is 109 Å². The molecule has 3 heterocycles. The lowest BCUT2D eigenvalue weighted by Crippen LogP contribution is -2.55. The zero-order chi connectivity index (χ0) is 35.5. The van der Waals surface area contributed by atoms with E-state index in [9.17, 15) is 14.4 Å². The van der Waals surface area contributed by atoms with E-state index in [2.05, 4.69) is 27.2 Å². The quantitative estimate of drug-likeness (QED) is 0.155. The number of fused-ring (bicyclic) bond motifs is 1. The van der Waals surface area contributed by atoms with Gasteiger partial charge < -0.3 is 34.5 Å². The van der Waals surface area contributed by atoms with Crippen molar-refractivity contribution < 1.29 is 33.3 Å². The summed E-state index contributed by atoms with van der Waals surface area (Å²) in [5.74, 6) is 1.94. The van der Waals surface area contributed by atoms with E-state index in [0.29, 0.717) is 58.4 Å². The number of aromatic nitrogens is 2. The van der Waals surface area contributed by atoms with E-state index in [1.807, 2.05) is 72.8 Å². The Labute approximate surface area is 293 Å². The lowest BCUT2D eigenvalue weighted by Gasteiger charge is -2.38. The van der Waals surface area contributed by atoms with Crippen molar-refractivity contribution in [1.29, 1.82) is 0 Å². The van der Waals surface area contributed by atoms with Crippen molar-refractivity contribution in [2.24, 2.45) is 0 Å². The summed E-state index contributed by atoms with van der Waals surface area (Å²) < 4.78 is 22.7. The summed E-state index contributed by atoms with van der Waals surface area (Å²) >= 11 is 0. The molecule has 258 valence electrons. The second-order valence-electron chi connectivity index (χ2n) is 11.9. The minimum atomic E-state index is -0.701. The first kappa shape index (κ1) is 32.9. The Balaban J connectivity index is 1.13. The number of hydrogen-bond acceptors (Lipinski definition) is 10. The van der Waals surface area contributed by atoms with Crippen LogP contribution in [0.25, 0.3) is 22.0 Å². The van der Waals surface area contributed by atoms with Crippen molar-refractivity contribution >= 4 is 46.1 Å². The summed E-state index contributed by atoms with van der Waals surface area (Å²) in [7, 11) is 3.14. The first-order valence-corrected chi connectivity index (χ1v) is 16.1. The Morgan fingerprint density at radius 2 is 1.69 bits per heavy atom. The van der Waals surface area contributed by atoms with Crippen molar-refractivity contribution in [3.63, 3.8) is 0 Å². The third kappa shape index (κ3) is 6.69. The SMILES string of the molecule is C=CC(=O)N1CC(Oc2cc3c(Nc4cc(-c5cccc(NC(=O)N6C(=O)OC[C@H]6c6ccccc6)c5)ccc4OC)ncnc3cc2OC)C1. The van der Waals surface area contributed by atoms with E-state index >= 15 is 0 Å². The van der Waals surface area contributed by atoms with Crippen LogP contribution in [-0.4, -0.2) is 77.8 Å². The molecule has 13 nitrogen and oxygen atoms in total. The van der Waals surface area contributed by atoms with Crippen LogP contribution in [0, 0.1) is 0 Å². The van der Waals surface area contributed by atoms with Crippen molar-refractivity contribution in [2.45, 2.75) is 12.1 Å². The number of rotatable bonds is 10. The number of imide groups is 1. The first-order chi connectivity index (χ1) is 24.8. The van der Waals surface area contributed by atoms with Crippen LogP contribution in [0.2, 0.25) is 0 Å². The maximum atomic E-state index is 13.3. The van der Waals surface area contributed by atoms with E-state index in [-0.39, 0.29) is 18.6 Å². The van der Waals surface area contributed by atoms with Gasteiger partial charge in [0.05, 0.1) is 38.5 Å². The molecule has 13 heteroatoms. The zero-order valence-corrected chi connectivity index (χ0v) is 27.9. The van der Waals surface area contributed by atoms with Gasteiger partial charge in [-0.2, -0.15) is 0 Å². The fourth-order valence-corrected chi connectivity index (χ4v) is 6.06. The van der Waals surface area contributed by atoms with Gasteiger partial charge in [-0.25, -0.2) is 24.5 Å². The molecule has 1 atom stereocenters. The molecular weight excluding hydrogens is 652 g/mol. The highest BCUT2D eigenvalue weighted by atomic mass is 16.6. The average molecular weight is 687 g/mol. The van der Waals surface area contributed by atoms with Gasteiger partial charge in [0.25, 0.3) is 0 Å². The summed E-state index contributed by atoms with van der Waals surface area (Å²) in [6.45, 7) is 4.51. The monoisotopic (exact) mass is 686 g/mol. The maximum Gasteiger partial charge on any atom is 0.418 e. The molecule has 5 aromatic rings. The molecule has 1 aromatic heterocycles. The molecular formula is C38H34N6O7. The first-order valence-electron chi connectivity index (χ1n) is 16.1. The normalized spacial score (nSPS) is 15.5. The molecule has 0 bridgehead atoms. The molecule has 0 aliphatic carbocycles. The summed E-state index contributed by atoms with van der Waals surface area (Å²) in [6.07, 6.45) is 1.84. The van der Waals surface area contributed by atoms with Crippen LogP contribution >= 0.6 is 0 Å². The third-order valence-corrected chi connectivity index (χ3v) is 8.72. The Bertz CT molecular complexity index is 2140. The Hall–Kier alpha value is -6.63. The number of hydrogen-bond donors (Lipinski definition) is 2. The Morgan fingerprint density at radius 1 is 0.902 bits per heavy atom. The predicted octanol–water partition coefficient (Wildman–Crippen LogP) is 6.56. The van der Waals surface area contributed by atoms with Crippen molar-refractivity contribution in [2.75, 3.05) is 44.5 Å². The number of carbonyl (C=O) groups excluding carboxylic acids is 3. The molecule has 7 rings (SSSR count). The number of urea groups is 1. The van der Waals surface area contributed by atoms with Crippen LogP contribution in [0.1, 0.15) is 11.6 Å². The summed E-state index contributed by atoms with van der Waals surface area (Å²) in [5.41, 5.74) is 4.19. The minimum Gasteiger partial charge on any atom is -0.495 e. The number of methoxy groups -OCH3 is 2. The lowest BCUT2D eigenvalue weighted by molar-refractivity contribution is -0.134. The lowest BCUT2D eigenvalue weighted by atomic mass is 10.0. The minimum absolute atomic E-state index is 0.0823. The number of likely N-dealkylation sites (tertiary alicyclic amines) is 1. The molecule has 0 radical (unpaired) electrons. The number of amides is 4. The molecule has 2 fully saturated rings. The summed E-state index contributed by atoms with van der Waals surface area (Å²) in [6, 6.07) is 24.7. The smallest absolute Gasteiger partial charge is 0.418 e. The number of ether oxygens (including phenoxy) is 4. The molecule has 2 aliphatic rings. The largest absolute Gasteiger partial charge is 0.495 e. The molecule has 0 unspecified atom stereocenters. The van der Waals surface area contributed by atoms with E-state index in [1.54, 1.807) is 31.3 Å². The zero-order valence-electron chi connectivity index (χ0n) is 27.9. The van der Waals surface area contributed by atoms with E-state index < -0.39 is 18.2 Å². The van der Waals surface area contributed by atoms with Gasteiger partial charge in [0.15, 0.2) is 11.5 Å². The molecule has 4 aromatic carbocycles. The molecule has 51 heavy (non-hydrogen) atoms. The fraction of sp³-hybridized carbons (Fsp3) is 0.184. The fourth-order valence-electron chi connectivity index (χ4n) is 6.06. The highest BCUT2D eigenvalue weighted by molar-refractivity contribution is 6.01. The van der Waals surface area contributed by atoms with Crippen LogP contribution in [0.5, 0.6) is 17.2 Å². The second-order valence-corrected chi connectivity index (χ2v) is 11.9. The predicted molar refractivity (Wildman–Crippen MR) is 190 cm³/mol. The van der Waals surface area contributed by atoms with Gasteiger partial charge >= 0.3 is 12.1 Å². The molecule has 2 aliphatic heterocycles. The molecule has 2 saturated heterocycles. The molecule has 0 spiro atoms. The number of nitrogens with one attached hydrogen (secondary N) is 2. The van der Waals surface area contributed by atoms with E-state index in [4.69, 9.17) is 18.9 Å². The molecule has 2 N–H and O–H groups in total. The van der Waals surface area contributed by atoms with Crippen molar-refractivity contribution in [1.82, 2.24) is 19.8 Å². The van der Waals surface area contributed by atoms with Gasteiger partial charge in [-0.05, 0) is 53.1 Å². The standard InChI is InChI=1S/C38H34N6O7/c1-4-35(45)43-19-27(20-43)51-34-17-28-29(18-33(34)49-3)39-22-40-36(28)42-30-16-25(13-14-32(30)48-2)24-11-8-12-26(15-24)41-37(46)44-31(21-50-38(44)47)23-9-6-5-7-10-23/h4-18,22,27,31H,1,19-21H2,2-3H3,(H,41,46)(H,39,40,42)/t31-/m0/s1. The van der Waals surface area contributed by atoms with Crippen LogP contribution in [0.3, 0.4) is 0 Å². The number of cyclic esters (lactones) is 1. The van der Waals surface area contributed by atoms with Crippen LogP contribution in [-0.2, 0) is 9.53 Å². The summed E-state index contributed by atoms with van der Waals surface area (Å²) in [5, 5.41) is 6.93. The third-order valence-electron chi connectivity index (χ3n) is 8.72. The van der Waals surface area contributed by atoms with Gasteiger partial charge in [0, 0.05) is 17.1 Å². The van der Waals surface area contributed by atoms with E-state index in [0.717, 1.165) is 21.6 Å². The van der Waals surface area contributed by atoms with Crippen LogP contribution < -0.4 is 24.8 Å². The van der Waals surface area contributed by atoms with Gasteiger partial charge in [0.2, 0.25) is 5.91 Å². The highest BCUT2D eigenvalue weighted by Gasteiger charge is 2.39. The Morgan fingerprint density at radius 3 is 2.45 bits per heavy atom. The second kappa shape index (κ2) is 14.1. The number of nitrogens with zero attached hydrogens (tertiary/aromatic N) is 4. The van der Waals surface area contributed by atoms with Gasteiger partial charge in [0.1, 0.15) is 36.6 Å². The number of benzene rings is 4. The Kier molecular flexibility index (Phi) is 9.08. The average Bonchev–Trinajstić information content (AvgIpc) is 3.54. The van der Waals surface area contributed by atoms with Gasteiger partial charge in [-0.1, -0.05) is 55.1 Å². The van der Waals surface area contributed by atoms with Gasteiger partial charge in [-0.3, -0.25) is 4.79 Å². The highest BCUT2D eigenvalue weighted by Crippen LogP contribution is 2.39. The van der Waals surface area contributed by atoms with Crippen LogP contribution in [0.4, 0.5) is 26.8 Å². The van der Waals surface area contributed by atoms with Crippen LogP contribution in [0.15, 0.2) is 104 Å². The van der Waals surface area contributed by atoms with Crippen molar-refractivity contribution in [3.8, 4) is 28.4 Å². The molecule has 4 amide bonds. The topological polar surface area (TPSA) is 144 Å². The number of anilines is 3. The maximum absolute atomic E-state index is 13.3. The van der Waals surface area contributed by atoms with Gasteiger partial charge in [-0.15, -0.1) is 0 Å².